The van der Waals surface area contributed by atoms with Crippen LogP contribution in [-0.2, 0) is 68.7 Å². The Labute approximate surface area is 620 Å². The SMILES string of the molecule is CCCCCCCCCCCCCCCC(=O)N[C@H]1CSSC[C@@H](C(=O)N2CCC[C@H]2C(=O)N[C@@H](CC(C)C)C(=O)NCC(N)=O)NC(=O)[C@H](CC(N)=O)NC(=O)[C@H](CCC(N)=O)NC(=O)[C@H]([C@@H](C)CC)NC(=O)[C@H](Cc2ccc(OC(=O)CCCCCCCCCCCCCCC)cc2)NC1=O. The molecule has 2 aliphatic heterocycles. The van der Waals surface area contributed by atoms with Crippen molar-refractivity contribution in [3.63, 3.8) is 0 Å². The van der Waals surface area contributed by atoms with Gasteiger partial charge in [-0.2, -0.15) is 0 Å². The van der Waals surface area contributed by atoms with Crippen molar-refractivity contribution >= 4 is 98.4 Å². The number of hydrogen-bond donors (Lipinski definition) is 11. The number of rotatable bonds is 47. The summed E-state index contributed by atoms with van der Waals surface area (Å²) in [7, 11) is 2.05. The second kappa shape index (κ2) is 52.9. The van der Waals surface area contributed by atoms with Gasteiger partial charge in [-0.05, 0) is 68.1 Å². The van der Waals surface area contributed by atoms with E-state index in [2.05, 4.69) is 56.4 Å². The molecule has 12 amide bonds. The number of esters is 1. The summed E-state index contributed by atoms with van der Waals surface area (Å²) >= 11 is 0. The van der Waals surface area contributed by atoms with Crippen molar-refractivity contribution in [3.05, 3.63) is 29.8 Å². The molecule has 2 aliphatic rings. The summed E-state index contributed by atoms with van der Waals surface area (Å²) in [5, 5.41) is 21.3. The summed E-state index contributed by atoms with van der Waals surface area (Å²) in [6.07, 6.45) is 28.7. The van der Waals surface area contributed by atoms with Crippen LogP contribution in [0.25, 0.3) is 0 Å². The Hall–Kier alpha value is -6.97. The van der Waals surface area contributed by atoms with E-state index in [0.29, 0.717) is 31.2 Å². The minimum atomic E-state index is -1.80. The van der Waals surface area contributed by atoms with Gasteiger partial charge in [0.15, 0.2) is 0 Å². The van der Waals surface area contributed by atoms with E-state index in [9.17, 15) is 57.5 Å². The predicted molar refractivity (Wildman–Crippen MR) is 403 cm³/mol. The van der Waals surface area contributed by atoms with E-state index >= 15 is 4.79 Å². The lowest BCUT2D eigenvalue weighted by molar-refractivity contribution is -0.142. The third kappa shape index (κ3) is 38.6. The van der Waals surface area contributed by atoms with E-state index < -0.39 is 157 Å². The first-order chi connectivity index (χ1) is 49.4. The summed E-state index contributed by atoms with van der Waals surface area (Å²) in [6, 6.07) is -4.99. The second-order valence-electron chi connectivity index (χ2n) is 28.4. The molecule has 0 aliphatic carbocycles. The van der Waals surface area contributed by atoms with Gasteiger partial charge in [-0.15, -0.1) is 0 Å². The van der Waals surface area contributed by atoms with Gasteiger partial charge in [-0.1, -0.05) is 236 Å². The number of benzene rings is 1. The molecule has 0 aromatic heterocycles. The topological polar surface area (TPSA) is 409 Å². The summed E-state index contributed by atoms with van der Waals surface area (Å²) in [5.41, 5.74) is 17.0. The highest BCUT2D eigenvalue weighted by molar-refractivity contribution is 8.76. The minimum absolute atomic E-state index is 0.0174. The van der Waals surface area contributed by atoms with Gasteiger partial charge < -0.3 is 69.4 Å². The van der Waals surface area contributed by atoms with Crippen molar-refractivity contribution in [2.24, 2.45) is 29.0 Å². The zero-order chi connectivity index (χ0) is 75.9. The van der Waals surface area contributed by atoms with E-state index in [1.807, 2.05) is 13.8 Å². The first-order valence-electron chi connectivity index (χ1n) is 38.5. The molecule has 2 fully saturated rings. The van der Waals surface area contributed by atoms with Crippen LogP contribution < -0.4 is 64.5 Å². The number of carbonyl (C=O) groups excluding carboxylic acids is 13. The highest BCUT2D eigenvalue weighted by atomic mass is 33.1. The number of carbonyl (C=O) groups is 13. The highest BCUT2D eigenvalue weighted by Crippen LogP contribution is 2.27. The van der Waals surface area contributed by atoms with Crippen LogP contribution in [0.1, 0.15) is 272 Å². The number of unbranched alkanes of at least 4 members (excludes halogenated alkanes) is 24. The molecule has 14 N–H and O–H groups in total. The molecule has 9 atom stereocenters. The van der Waals surface area contributed by atoms with Crippen molar-refractivity contribution in [1.29, 1.82) is 0 Å². The van der Waals surface area contributed by atoms with Gasteiger partial charge in [-0.25, -0.2) is 0 Å². The molecule has 582 valence electrons. The summed E-state index contributed by atoms with van der Waals surface area (Å²) < 4.78 is 5.71. The van der Waals surface area contributed by atoms with Crippen LogP contribution in [0, 0.1) is 11.8 Å². The molecule has 0 bridgehead atoms. The molecule has 103 heavy (non-hydrogen) atoms. The number of nitrogens with two attached hydrogens (primary N) is 3. The third-order valence-electron chi connectivity index (χ3n) is 18.8. The smallest absolute Gasteiger partial charge is 0.311 e. The minimum Gasteiger partial charge on any atom is -0.427 e. The van der Waals surface area contributed by atoms with Gasteiger partial charge >= 0.3 is 5.97 Å². The largest absolute Gasteiger partial charge is 0.427 e. The fourth-order valence-electron chi connectivity index (χ4n) is 12.5. The van der Waals surface area contributed by atoms with Crippen LogP contribution in [0.5, 0.6) is 5.75 Å². The summed E-state index contributed by atoms with van der Waals surface area (Å²) in [4.78, 5) is 181. The lowest BCUT2D eigenvalue weighted by Gasteiger charge is -2.31. The molecule has 0 unspecified atom stereocenters. The maximum atomic E-state index is 15.0. The number of nitrogens with one attached hydrogen (secondary N) is 8. The van der Waals surface area contributed by atoms with Crippen LogP contribution in [-0.4, -0.2) is 155 Å². The fraction of sp³-hybridized carbons (Fsp3) is 0.747. The highest BCUT2D eigenvalue weighted by Gasteiger charge is 2.41. The lowest BCUT2D eigenvalue weighted by atomic mass is 9.96. The monoisotopic (exact) mass is 1480 g/mol. The number of ether oxygens (including phenoxy) is 1. The van der Waals surface area contributed by atoms with E-state index in [1.54, 1.807) is 38.1 Å². The van der Waals surface area contributed by atoms with E-state index in [4.69, 9.17) is 21.9 Å². The number of primary amides is 3. The Morgan fingerprint density at radius 1 is 0.563 bits per heavy atom. The van der Waals surface area contributed by atoms with Crippen LogP contribution >= 0.6 is 21.6 Å². The Morgan fingerprint density at radius 2 is 1.07 bits per heavy atom. The maximum Gasteiger partial charge on any atom is 0.311 e. The van der Waals surface area contributed by atoms with E-state index in [0.717, 1.165) is 73.0 Å². The van der Waals surface area contributed by atoms with Crippen LogP contribution in [0.2, 0.25) is 0 Å². The molecular formula is C75H126N12O14S2. The van der Waals surface area contributed by atoms with Crippen molar-refractivity contribution in [2.75, 3.05) is 24.6 Å². The Balaban J connectivity index is 2.04. The molecule has 0 radical (unpaired) electrons. The van der Waals surface area contributed by atoms with E-state index in [1.165, 1.54) is 108 Å². The number of likely N-dealkylation sites (tertiary alicyclic amines) is 1. The quantitative estimate of drug-likeness (QED) is 0.0129. The average molecular weight is 1480 g/mol. The van der Waals surface area contributed by atoms with Crippen molar-refractivity contribution in [3.8, 4) is 5.75 Å². The van der Waals surface area contributed by atoms with Gasteiger partial charge in [0.1, 0.15) is 54.1 Å². The van der Waals surface area contributed by atoms with Gasteiger partial charge in [0.05, 0.1) is 13.0 Å². The fourth-order valence-corrected chi connectivity index (χ4v) is 14.9. The Kier molecular flexibility index (Phi) is 46.3. The first kappa shape index (κ1) is 90.2. The Bertz CT molecular complexity index is 2800. The second-order valence-corrected chi connectivity index (χ2v) is 30.9. The first-order valence-corrected chi connectivity index (χ1v) is 40.9. The molecule has 1 aromatic carbocycles. The van der Waals surface area contributed by atoms with Crippen LogP contribution in [0.15, 0.2) is 24.3 Å². The summed E-state index contributed by atoms with van der Waals surface area (Å²) in [6.45, 7) is 11.0. The average Bonchev–Trinajstić information content (AvgIpc) is 1.78. The van der Waals surface area contributed by atoms with Gasteiger partial charge in [-0.3, -0.25) is 62.3 Å². The molecule has 0 saturated carbocycles. The van der Waals surface area contributed by atoms with Crippen molar-refractivity contribution < 1.29 is 67.1 Å². The maximum absolute atomic E-state index is 15.0. The van der Waals surface area contributed by atoms with Crippen LogP contribution in [0.4, 0.5) is 0 Å². The van der Waals surface area contributed by atoms with Crippen LogP contribution in [0.3, 0.4) is 0 Å². The van der Waals surface area contributed by atoms with E-state index in [-0.39, 0.29) is 61.8 Å². The van der Waals surface area contributed by atoms with Crippen molar-refractivity contribution in [2.45, 2.75) is 321 Å². The number of hydrogen-bond acceptors (Lipinski definition) is 16. The third-order valence-corrected chi connectivity index (χ3v) is 21.2. The molecule has 26 nitrogen and oxygen atoms in total. The standard InChI is InChI=1S/C75H126N12O14S2/c1-7-10-12-14-16-18-20-22-24-26-28-30-32-36-65(91)80-59-49-102-103-50-60(75(100)87-44-34-35-61(87)73(98)84-56(45-51(4)5)68(93)79-48-64(78)90)85-70(95)58(47-63(77)89)83-69(94)55(42-43-62(76)88)81-74(99)67(52(6)9-3)86-71(96)57(82-72(59)97)46-53-38-40-54(41-39-53)101-66(92)37-33-31-29-27-25-23-21-19-17-15-13-11-8-2/h38-41,51-52,55-61,67H,7-37,42-50H2,1-6H3,(H2,76,88)(H2,77,89)(H2,78,90)(H,79,93)(H,80,91)(H,81,99)(H,82,97)(H,83,94)(H,84,98)(H,85,95)(H,86,96)/t52-,55-,56-,57-,58-,59-,60-,61-,67-/m0/s1. The zero-order valence-electron chi connectivity index (χ0n) is 62.6. The van der Waals surface area contributed by atoms with Gasteiger partial charge in [0.25, 0.3) is 0 Å². The number of amides is 12. The zero-order valence-corrected chi connectivity index (χ0v) is 64.2. The molecule has 1 aromatic rings. The molecule has 2 heterocycles. The molecule has 3 rings (SSSR count). The van der Waals surface area contributed by atoms with Crippen molar-refractivity contribution in [1.82, 2.24) is 47.4 Å². The molecule has 2 saturated heterocycles. The van der Waals surface area contributed by atoms with Gasteiger partial charge in [0.2, 0.25) is 70.9 Å². The normalized spacial score (nSPS) is 20.1. The summed E-state index contributed by atoms with van der Waals surface area (Å²) in [5.74, 6) is -11.3. The van der Waals surface area contributed by atoms with Gasteiger partial charge in [0, 0.05) is 43.7 Å². The molecular weight excluding hydrogens is 1360 g/mol. The lowest BCUT2D eigenvalue weighted by Crippen LogP contribution is -2.62. The predicted octanol–water partition coefficient (Wildman–Crippen LogP) is 7.71. The Morgan fingerprint density at radius 3 is 1.59 bits per heavy atom. The molecule has 28 heteroatoms. The number of nitrogens with zero attached hydrogens (tertiary/aromatic N) is 1. The molecule has 0 spiro atoms.